The van der Waals surface area contributed by atoms with Crippen molar-refractivity contribution in [3.05, 3.63) is 28.3 Å². The maximum absolute atomic E-state index is 11.9. The molecule has 0 aromatic heterocycles. The first-order valence-corrected chi connectivity index (χ1v) is 7.36. The predicted octanol–water partition coefficient (Wildman–Crippen LogP) is 2.39. The van der Waals surface area contributed by atoms with Crippen LogP contribution in [0.5, 0.6) is 0 Å². The number of aryl methyl sites for hydroxylation is 2. The number of esters is 1. The topological polar surface area (TPSA) is 64.6 Å². The van der Waals surface area contributed by atoms with E-state index in [2.05, 4.69) is 16.1 Å². The number of methoxy groups -OCH3 is 1. The Morgan fingerprint density at radius 1 is 1.10 bits per heavy atom. The van der Waals surface area contributed by atoms with Crippen LogP contribution in [0.25, 0.3) is 0 Å². The average molecular weight is 289 g/mol. The molecule has 112 valence electrons. The minimum atomic E-state index is -0.588. The Morgan fingerprint density at radius 3 is 2.29 bits per heavy atom. The van der Waals surface area contributed by atoms with Crippen molar-refractivity contribution in [2.24, 2.45) is 0 Å². The van der Waals surface area contributed by atoms with E-state index in [1.165, 1.54) is 29.4 Å². The van der Waals surface area contributed by atoms with Crippen molar-refractivity contribution in [2.45, 2.75) is 38.5 Å². The van der Waals surface area contributed by atoms with Crippen molar-refractivity contribution >= 4 is 17.7 Å². The molecule has 0 saturated carbocycles. The number of carbonyl (C=O) groups is 2. The van der Waals surface area contributed by atoms with Crippen LogP contribution in [0.1, 0.15) is 35.1 Å². The maximum Gasteiger partial charge on any atom is 0.412 e. The molecular formula is C16H19NO4. The summed E-state index contributed by atoms with van der Waals surface area (Å²) in [7, 11) is 1.26. The van der Waals surface area contributed by atoms with Gasteiger partial charge in [0.1, 0.15) is 0 Å². The average Bonchev–Trinajstić information content (AvgIpc) is 3.12. The molecule has 0 unspecified atom stereocenters. The van der Waals surface area contributed by atoms with Crippen molar-refractivity contribution < 1.29 is 19.1 Å². The van der Waals surface area contributed by atoms with E-state index in [1.807, 2.05) is 0 Å². The molecular weight excluding hydrogens is 270 g/mol. The highest BCUT2D eigenvalue weighted by Gasteiger charge is 2.25. The van der Waals surface area contributed by atoms with Crippen molar-refractivity contribution in [1.82, 2.24) is 0 Å². The Kier molecular flexibility index (Phi) is 3.82. The van der Waals surface area contributed by atoms with Gasteiger partial charge in [-0.2, -0.15) is 0 Å². The van der Waals surface area contributed by atoms with E-state index in [1.54, 1.807) is 0 Å². The van der Waals surface area contributed by atoms with Crippen LogP contribution in [0.15, 0.2) is 6.07 Å². The number of amides is 1. The second-order valence-electron chi connectivity index (χ2n) is 5.51. The van der Waals surface area contributed by atoms with Gasteiger partial charge in [0.05, 0.1) is 12.8 Å². The number of hydrogen-bond acceptors (Lipinski definition) is 4. The Balaban J connectivity index is 1.79. The van der Waals surface area contributed by atoms with Crippen molar-refractivity contribution in [1.29, 1.82) is 0 Å². The fraction of sp³-hybridized carbons (Fsp3) is 0.500. The zero-order valence-corrected chi connectivity index (χ0v) is 12.2. The summed E-state index contributed by atoms with van der Waals surface area (Å²) in [6.07, 6.45) is 5.82. The van der Waals surface area contributed by atoms with Crippen LogP contribution in [0.4, 0.5) is 10.5 Å². The molecule has 1 amide bonds. The van der Waals surface area contributed by atoms with Gasteiger partial charge in [0.2, 0.25) is 0 Å². The summed E-state index contributed by atoms with van der Waals surface area (Å²) in [4.78, 5) is 22.9. The zero-order valence-electron chi connectivity index (χ0n) is 12.2. The number of ether oxygens (including phenoxy) is 2. The van der Waals surface area contributed by atoms with Crippen LogP contribution in [-0.2, 0) is 40.0 Å². The van der Waals surface area contributed by atoms with Gasteiger partial charge in [0.25, 0.3) is 0 Å². The second-order valence-corrected chi connectivity index (χ2v) is 5.51. The molecule has 1 aromatic carbocycles. The molecule has 2 aliphatic carbocycles. The second kappa shape index (κ2) is 5.76. The third-order valence-electron chi connectivity index (χ3n) is 4.25. The van der Waals surface area contributed by atoms with E-state index in [0.29, 0.717) is 0 Å². The Hall–Kier alpha value is -2.04. The summed E-state index contributed by atoms with van der Waals surface area (Å²) in [5, 5.41) is 2.85. The SMILES string of the molecule is COC(=O)COC(=O)Nc1c2c(cc3c1CCC3)CCC2. The summed E-state index contributed by atoms with van der Waals surface area (Å²) in [5.41, 5.74) is 6.10. The minimum absolute atomic E-state index is 0.362. The maximum atomic E-state index is 11.9. The first-order chi connectivity index (χ1) is 10.2. The van der Waals surface area contributed by atoms with Crippen molar-refractivity contribution in [2.75, 3.05) is 19.0 Å². The molecule has 5 heteroatoms. The third-order valence-corrected chi connectivity index (χ3v) is 4.25. The zero-order chi connectivity index (χ0) is 14.8. The molecule has 0 fully saturated rings. The fourth-order valence-electron chi connectivity index (χ4n) is 3.29. The summed E-state index contributed by atoms with van der Waals surface area (Å²) < 4.78 is 9.35. The van der Waals surface area contributed by atoms with E-state index in [0.717, 1.165) is 44.2 Å². The molecule has 0 saturated heterocycles. The molecule has 0 heterocycles. The van der Waals surface area contributed by atoms with E-state index < -0.39 is 12.1 Å². The summed E-state index contributed by atoms with van der Waals surface area (Å²) >= 11 is 0. The van der Waals surface area contributed by atoms with Gasteiger partial charge in [-0.05, 0) is 60.8 Å². The van der Waals surface area contributed by atoms with Crippen LogP contribution < -0.4 is 5.32 Å². The quantitative estimate of drug-likeness (QED) is 0.868. The standard InChI is InChI=1S/C16H19NO4/c1-20-14(18)9-21-16(19)17-15-12-6-2-4-10(12)8-11-5-3-7-13(11)15/h8H,2-7,9H2,1H3,(H,17,19). The Labute approximate surface area is 123 Å². The summed E-state index contributed by atoms with van der Waals surface area (Å²) in [5.74, 6) is -0.561. The van der Waals surface area contributed by atoms with Crippen LogP contribution in [0, 0.1) is 0 Å². The largest absolute Gasteiger partial charge is 0.466 e. The van der Waals surface area contributed by atoms with Crippen LogP contribution >= 0.6 is 0 Å². The molecule has 5 nitrogen and oxygen atoms in total. The highest BCUT2D eigenvalue weighted by molar-refractivity contribution is 5.89. The third kappa shape index (κ3) is 2.73. The molecule has 0 radical (unpaired) electrons. The van der Waals surface area contributed by atoms with E-state index in [9.17, 15) is 9.59 Å². The van der Waals surface area contributed by atoms with Crippen molar-refractivity contribution in [3.8, 4) is 0 Å². The molecule has 2 aliphatic rings. The van der Waals surface area contributed by atoms with E-state index >= 15 is 0 Å². The highest BCUT2D eigenvalue weighted by atomic mass is 16.6. The summed E-state index contributed by atoms with van der Waals surface area (Å²) in [6, 6.07) is 2.30. The molecule has 3 rings (SSSR count). The first kappa shape index (κ1) is 13.9. The molecule has 0 aliphatic heterocycles. The fourth-order valence-corrected chi connectivity index (χ4v) is 3.29. The monoisotopic (exact) mass is 289 g/mol. The van der Waals surface area contributed by atoms with Gasteiger partial charge in [-0.25, -0.2) is 9.59 Å². The molecule has 21 heavy (non-hydrogen) atoms. The Morgan fingerprint density at radius 2 is 1.71 bits per heavy atom. The van der Waals surface area contributed by atoms with Gasteiger partial charge < -0.3 is 9.47 Å². The van der Waals surface area contributed by atoms with Gasteiger partial charge in [0.15, 0.2) is 6.61 Å². The predicted molar refractivity (Wildman–Crippen MR) is 77.5 cm³/mol. The van der Waals surface area contributed by atoms with Gasteiger partial charge in [-0.15, -0.1) is 0 Å². The number of carbonyl (C=O) groups excluding carboxylic acids is 2. The number of anilines is 1. The number of nitrogens with one attached hydrogen (secondary N) is 1. The lowest BCUT2D eigenvalue weighted by Crippen LogP contribution is -2.21. The van der Waals surface area contributed by atoms with Crippen LogP contribution in [-0.4, -0.2) is 25.8 Å². The molecule has 0 spiro atoms. The van der Waals surface area contributed by atoms with Crippen LogP contribution in [0.2, 0.25) is 0 Å². The minimum Gasteiger partial charge on any atom is -0.466 e. The van der Waals surface area contributed by atoms with Gasteiger partial charge in [-0.3, -0.25) is 5.32 Å². The lowest BCUT2D eigenvalue weighted by molar-refractivity contribution is -0.143. The van der Waals surface area contributed by atoms with E-state index in [4.69, 9.17) is 4.74 Å². The van der Waals surface area contributed by atoms with E-state index in [-0.39, 0.29) is 6.61 Å². The number of benzene rings is 1. The number of fused-ring (bicyclic) bond motifs is 2. The lowest BCUT2D eigenvalue weighted by atomic mass is 9.99. The molecule has 0 atom stereocenters. The highest BCUT2D eigenvalue weighted by Crippen LogP contribution is 2.38. The normalized spacial score (nSPS) is 15.3. The van der Waals surface area contributed by atoms with Crippen LogP contribution in [0.3, 0.4) is 0 Å². The van der Waals surface area contributed by atoms with Gasteiger partial charge in [-0.1, -0.05) is 6.07 Å². The number of hydrogen-bond donors (Lipinski definition) is 1. The molecule has 1 N–H and O–H groups in total. The number of rotatable bonds is 3. The van der Waals surface area contributed by atoms with Gasteiger partial charge >= 0.3 is 12.1 Å². The summed E-state index contributed by atoms with van der Waals surface area (Å²) in [6.45, 7) is -0.362. The lowest BCUT2D eigenvalue weighted by Gasteiger charge is -2.15. The smallest absolute Gasteiger partial charge is 0.412 e. The Bertz CT molecular complexity index is 562. The first-order valence-electron chi connectivity index (χ1n) is 7.36. The molecule has 1 aromatic rings. The van der Waals surface area contributed by atoms with Crippen molar-refractivity contribution in [3.63, 3.8) is 0 Å². The van der Waals surface area contributed by atoms with Gasteiger partial charge in [0, 0.05) is 0 Å². The molecule has 0 bridgehead atoms.